The highest BCUT2D eigenvalue weighted by molar-refractivity contribution is 9.10. The first-order valence-corrected chi connectivity index (χ1v) is 7.48. The molecule has 3 rings (SSSR count). The van der Waals surface area contributed by atoms with Gasteiger partial charge < -0.3 is 10.1 Å². The highest BCUT2D eigenvalue weighted by atomic mass is 79.9. The van der Waals surface area contributed by atoms with Crippen molar-refractivity contribution in [2.45, 2.75) is 12.5 Å². The van der Waals surface area contributed by atoms with Gasteiger partial charge in [-0.1, -0.05) is 6.07 Å². The molecule has 20 heavy (non-hydrogen) atoms. The molecule has 1 aliphatic rings. The van der Waals surface area contributed by atoms with Crippen molar-refractivity contribution >= 4 is 15.9 Å². The van der Waals surface area contributed by atoms with E-state index in [-0.39, 0.29) is 6.10 Å². The molecule has 4 nitrogen and oxygen atoms in total. The number of aromatic nitrogens is 2. The number of halogens is 1. The summed E-state index contributed by atoms with van der Waals surface area (Å²) >= 11 is 3.39. The number of morpholine rings is 1. The molecule has 2 aromatic rings. The largest absolute Gasteiger partial charge is 0.369 e. The number of nitrogens with one attached hydrogen (secondary N) is 1. The zero-order valence-electron chi connectivity index (χ0n) is 11.1. The van der Waals surface area contributed by atoms with Crippen LogP contribution in [0.15, 0.2) is 41.1 Å². The number of nitrogens with zero attached hydrogens (tertiary/aromatic N) is 2. The SMILES string of the molecule is Brc1ccc(Cc2ccc([C@@H]3CNCCO3)nc2)nc1. The van der Waals surface area contributed by atoms with E-state index in [0.29, 0.717) is 0 Å². The van der Waals surface area contributed by atoms with Gasteiger partial charge in [0.25, 0.3) is 0 Å². The van der Waals surface area contributed by atoms with E-state index < -0.39 is 0 Å². The predicted molar refractivity (Wildman–Crippen MR) is 80.5 cm³/mol. The average Bonchev–Trinajstić information content (AvgIpc) is 2.51. The van der Waals surface area contributed by atoms with E-state index >= 15 is 0 Å². The van der Waals surface area contributed by atoms with Gasteiger partial charge in [-0.2, -0.15) is 0 Å². The second-order valence-corrected chi connectivity index (χ2v) is 5.72. The summed E-state index contributed by atoms with van der Waals surface area (Å²) < 4.78 is 6.69. The summed E-state index contributed by atoms with van der Waals surface area (Å²) in [4.78, 5) is 8.89. The summed E-state index contributed by atoms with van der Waals surface area (Å²) in [5.74, 6) is 0. The third-order valence-electron chi connectivity index (χ3n) is 3.28. The van der Waals surface area contributed by atoms with E-state index in [9.17, 15) is 0 Å². The topological polar surface area (TPSA) is 47.0 Å². The summed E-state index contributed by atoms with van der Waals surface area (Å²) in [6.45, 7) is 2.50. The number of rotatable bonds is 3. The predicted octanol–water partition coefficient (Wildman–Crippen LogP) is 2.49. The van der Waals surface area contributed by atoms with Crippen molar-refractivity contribution in [1.82, 2.24) is 15.3 Å². The van der Waals surface area contributed by atoms with Gasteiger partial charge in [-0.25, -0.2) is 0 Å². The van der Waals surface area contributed by atoms with Crippen molar-refractivity contribution in [3.05, 3.63) is 58.1 Å². The number of hydrogen-bond donors (Lipinski definition) is 1. The fraction of sp³-hybridized carbons (Fsp3) is 0.333. The Morgan fingerprint density at radius 3 is 2.80 bits per heavy atom. The second kappa shape index (κ2) is 6.43. The molecule has 0 bridgehead atoms. The standard InChI is InChI=1S/C15H16BrN3O/c16-12-2-3-13(18-9-12)7-11-1-4-14(19-8-11)15-10-17-5-6-20-15/h1-4,8-9,15,17H,5-7,10H2/t15-/m0/s1. The first-order valence-electron chi connectivity index (χ1n) is 6.69. The highest BCUT2D eigenvalue weighted by Crippen LogP contribution is 2.17. The maximum absolute atomic E-state index is 5.69. The Bertz CT molecular complexity index is 550. The molecule has 0 aromatic carbocycles. The average molecular weight is 334 g/mol. The quantitative estimate of drug-likeness (QED) is 0.937. The molecule has 104 valence electrons. The maximum Gasteiger partial charge on any atom is 0.112 e. The van der Waals surface area contributed by atoms with Crippen LogP contribution in [0.25, 0.3) is 0 Å². The van der Waals surface area contributed by atoms with Gasteiger partial charge in [0, 0.05) is 42.1 Å². The van der Waals surface area contributed by atoms with Gasteiger partial charge in [0.1, 0.15) is 6.10 Å². The van der Waals surface area contributed by atoms with Crippen LogP contribution in [-0.4, -0.2) is 29.7 Å². The van der Waals surface area contributed by atoms with Crippen LogP contribution in [0.1, 0.15) is 23.1 Å². The fourth-order valence-electron chi connectivity index (χ4n) is 2.21. The molecule has 0 radical (unpaired) electrons. The zero-order chi connectivity index (χ0) is 13.8. The van der Waals surface area contributed by atoms with Gasteiger partial charge in [0.05, 0.1) is 12.3 Å². The summed E-state index contributed by atoms with van der Waals surface area (Å²) in [7, 11) is 0. The lowest BCUT2D eigenvalue weighted by atomic mass is 10.1. The second-order valence-electron chi connectivity index (χ2n) is 4.80. The fourth-order valence-corrected chi connectivity index (χ4v) is 2.44. The molecule has 5 heteroatoms. The Morgan fingerprint density at radius 2 is 2.15 bits per heavy atom. The number of ether oxygens (including phenoxy) is 1. The Balaban J connectivity index is 1.67. The van der Waals surface area contributed by atoms with Gasteiger partial charge >= 0.3 is 0 Å². The Hall–Kier alpha value is -1.30. The van der Waals surface area contributed by atoms with E-state index in [1.54, 1.807) is 0 Å². The lowest BCUT2D eigenvalue weighted by molar-refractivity contribution is 0.0250. The van der Waals surface area contributed by atoms with Crippen molar-refractivity contribution in [3.8, 4) is 0 Å². The Labute approximate surface area is 126 Å². The van der Waals surface area contributed by atoms with Crippen LogP contribution in [0.2, 0.25) is 0 Å². The highest BCUT2D eigenvalue weighted by Gasteiger charge is 2.16. The van der Waals surface area contributed by atoms with Crippen LogP contribution < -0.4 is 5.32 Å². The molecule has 0 aliphatic carbocycles. The summed E-state index contributed by atoms with van der Waals surface area (Å²) in [6, 6.07) is 8.17. The molecule has 0 amide bonds. The first kappa shape index (κ1) is 13.7. The van der Waals surface area contributed by atoms with E-state index in [2.05, 4.69) is 37.3 Å². The smallest absolute Gasteiger partial charge is 0.112 e. The third-order valence-corrected chi connectivity index (χ3v) is 3.75. The normalized spacial score (nSPS) is 18.9. The summed E-state index contributed by atoms with van der Waals surface area (Å²) in [5, 5.41) is 3.31. The molecule has 0 unspecified atom stereocenters. The van der Waals surface area contributed by atoms with E-state index in [1.165, 1.54) is 0 Å². The Kier molecular flexibility index (Phi) is 4.40. The molecule has 1 fully saturated rings. The molecule has 1 aliphatic heterocycles. The van der Waals surface area contributed by atoms with E-state index in [4.69, 9.17) is 4.74 Å². The van der Waals surface area contributed by atoms with Crippen LogP contribution in [0.5, 0.6) is 0 Å². The van der Waals surface area contributed by atoms with Crippen LogP contribution in [0.3, 0.4) is 0 Å². The molecular formula is C15H16BrN3O. The lowest BCUT2D eigenvalue weighted by Crippen LogP contribution is -2.33. The molecule has 1 saturated heterocycles. The minimum absolute atomic E-state index is 0.0728. The van der Waals surface area contributed by atoms with Crippen LogP contribution in [-0.2, 0) is 11.2 Å². The zero-order valence-corrected chi connectivity index (χ0v) is 12.6. The minimum atomic E-state index is 0.0728. The van der Waals surface area contributed by atoms with Gasteiger partial charge in [-0.15, -0.1) is 0 Å². The van der Waals surface area contributed by atoms with Crippen molar-refractivity contribution in [1.29, 1.82) is 0 Å². The summed E-state index contributed by atoms with van der Waals surface area (Å²) in [6.07, 6.45) is 4.60. The molecular weight excluding hydrogens is 318 g/mol. The van der Waals surface area contributed by atoms with Crippen LogP contribution in [0.4, 0.5) is 0 Å². The molecule has 1 N–H and O–H groups in total. The van der Waals surface area contributed by atoms with Gasteiger partial charge in [0.2, 0.25) is 0 Å². The van der Waals surface area contributed by atoms with Crippen molar-refractivity contribution in [3.63, 3.8) is 0 Å². The molecule has 0 spiro atoms. The van der Waals surface area contributed by atoms with Crippen molar-refractivity contribution in [2.24, 2.45) is 0 Å². The van der Waals surface area contributed by atoms with E-state index in [1.807, 2.05) is 30.6 Å². The molecule has 0 saturated carbocycles. The third kappa shape index (κ3) is 3.42. The summed E-state index contributed by atoms with van der Waals surface area (Å²) in [5.41, 5.74) is 3.19. The van der Waals surface area contributed by atoms with Gasteiger partial charge in [-0.3, -0.25) is 9.97 Å². The molecule has 3 heterocycles. The number of hydrogen-bond acceptors (Lipinski definition) is 4. The van der Waals surface area contributed by atoms with Gasteiger partial charge in [0.15, 0.2) is 0 Å². The van der Waals surface area contributed by atoms with Crippen LogP contribution >= 0.6 is 15.9 Å². The van der Waals surface area contributed by atoms with Crippen molar-refractivity contribution < 1.29 is 4.74 Å². The van der Waals surface area contributed by atoms with Gasteiger partial charge in [-0.05, 0) is 39.7 Å². The monoisotopic (exact) mass is 333 g/mol. The first-order chi connectivity index (χ1) is 9.81. The Morgan fingerprint density at radius 1 is 1.20 bits per heavy atom. The maximum atomic E-state index is 5.69. The lowest BCUT2D eigenvalue weighted by Gasteiger charge is -2.23. The minimum Gasteiger partial charge on any atom is -0.369 e. The van der Waals surface area contributed by atoms with Crippen LogP contribution in [0, 0.1) is 0 Å². The number of pyridine rings is 2. The molecule has 1 atom stereocenters. The van der Waals surface area contributed by atoms with E-state index in [0.717, 1.165) is 47.5 Å². The van der Waals surface area contributed by atoms with Crippen molar-refractivity contribution in [2.75, 3.05) is 19.7 Å². The molecule has 2 aromatic heterocycles.